The summed E-state index contributed by atoms with van der Waals surface area (Å²) < 4.78 is 18.8. The fourth-order valence-electron chi connectivity index (χ4n) is 1.06. The summed E-state index contributed by atoms with van der Waals surface area (Å²) in [4.78, 5) is 0. The van der Waals surface area contributed by atoms with E-state index in [4.69, 9.17) is 10.00 Å². The number of ether oxygens (including phenoxy) is 1. The van der Waals surface area contributed by atoms with Gasteiger partial charge in [-0.25, -0.2) is 4.39 Å². The Labute approximate surface area is 96.8 Å². The van der Waals surface area contributed by atoms with Crippen LogP contribution >= 0.6 is 15.9 Å². The van der Waals surface area contributed by atoms with Crippen LogP contribution in [0.5, 0.6) is 5.75 Å². The van der Waals surface area contributed by atoms with Crippen molar-refractivity contribution in [2.75, 3.05) is 6.61 Å². The second-order valence-electron chi connectivity index (χ2n) is 3.08. The van der Waals surface area contributed by atoms with E-state index in [0.29, 0.717) is 16.8 Å². The summed E-state index contributed by atoms with van der Waals surface area (Å²) in [5.41, 5.74) is 0.229. The Morgan fingerprint density at radius 3 is 2.87 bits per heavy atom. The van der Waals surface area contributed by atoms with Gasteiger partial charge in [-0.15, -0.1) is 0 Å². The van der Waals surface area contributed by atoms with Gasteiger partial charge in [-0.05, 0) is 34.5 Å². The monoisotopic (exact) mass is 271 g/mol. The Bertz CT molecular complexity index is 387. The van der Waals surface area contributed by atoms with Crippen molar-refractivity contribution >= 4 is 15.9 Å². The van der Waals surface area contributed by atoms with Crippen LogP contribution in [0, 0.1) is 17.1 Å². The van der Waals surface area contributed by atoms with Gasteiger partial charge in [0.2, 0.25) is 0 Å². The first-order valence-corrected chi connectivity index (χ1v) is 5.50. The highest BCUT2D eigenvalue weighted by Crippen LogP contribution is 2.26. The summed E-state index contributed by atoms with van der Waals surface area (Å²) in [6, 6.07) is 4.57. The zero-order valence-corrected chi connectivity index (χ0v) is 9.97. The van der Waals surface area contributed by atoms with E-state index in [-0.39, 0.29) is 5.56 Å². The molecular weight excluding hydrogens is 261 g/mol. The van der Waals surface area contributed by atoms with Crippen LogP contribution in [0.4, 0.5) is 4.39 Å². The molecule has 0 amide bonds. The van der Waals surface area contributed by atoms with Crippen molar-refractivity contribution in [3.05, 3.63) is 28.0 Å². The van der Waals surface area contributed by atoms with Crippen molar-refractivity contribution in [3.63, 3.8) is 0 Å². The maximum atomic E-state index is 13.1. The average Bonchev–Trinajstić information content (AvgIpc) is 2.23. The summed E-state index contributed by atoms with van der Waals surface area (Å²) in [7, 11) is 0. The van der Waals surface area contributed by atoms with Gasteiger partial charge in [0.05, 0.1) is 16.6 Å². The fraction of sp³-hybridized carbons (Fsp3) is 0.364. The molecule has 0 N–H and O–H groups in total. The number of nitrogens with zero attached hydrogens (tertiary/aromatic N) is 1. The first kappa shape index (κ1) is 12.0. The van der Waals surface area contributed by atoms with Crippen LogP contribution < -0.4 is 4.74 Å². The lowest BCUT2D eigenvalue weighted by atomic mass is 10.2. The van der Waals surface area contributed by atoms with Crippen LogP contribution in [0.15, 0.2) is 16.6 Å². The van der Waals surface area contributed by atoms with E-state index in [1.165, 1.54) is 12.1 Å². The molecule has 1 aromatic rings. The molecule has 0 atom stereocenters. The zero-order chi connectivity index (χ0) is 11.3. The Morgan fingerprint density at radius 2 is 2.27 bits per heavy atom. The van der Waals surface area contributed by atoms with E-state index in [9.17, 15) is 4.39 Å². The average molecular weight is 272 g/mol. The van der Waals surface area contributed by atoms with Crippen LogP contribution in [-0.4, -0.2) is 6.61 Å². The number of halogens is 2. The van der Waals surface area contributed by atoms with Crippen molar-refractivity contribution in [1.82, 2.24) is 0 Å². The summed E-state index contributed by atoms with van der Waals surface area (Å²) in [6.07, 6.45) is 1.93. The standard InChI is InChI=1S/C11H11BrFNO/c1-2-3-4-15-11-6-9(12)10(13)5-8(11)7-14/h5-6H,2-4H2,1H3. The van der Waals surface area contributed by atoms with E-state index >= 15 is 0 Å². The van der Waals surface area contributed by atoms with Gasteiger partial charge in [0.25, 0.3) is 0 Å². The highest BCUT2D eigenvalue weighted by atomic mass is 79.9. The van der Waals surface area contributed by atoms with E-state index in [0.717, 1.165) is 12.8 Å². The zero-order valence-electron chi connectivity index (χ0n) is 8.39. The van der Waals surface area contributed by atoms with E-state index in [1.54, 1.807) is 0 Å². The molecular formula is C11H11BrFNO. The quantitative estimate of drug-likeness (QED) is 0.784. The van der Waals surface area contributed by atoms with Crippen LogP contribution in [0.2, 0.25) is 0 Å². The molecule has 0 unspecified atom stereocenters. The molecule has 0 aliphatic carbocycles. The molecule has 80 valence electrons. The lowest BCUT2D eigenvalue weighted by Crippen LogP contribution is -1.99. The molecule has 0 aromatic heterocycles. The lowest BCUT2D eigenvalue weighted by molar-refractivity contribution is 0.308. The molecule has 2 nitrogen and oxygen atoms in total. The van der Waals surface area contributed by atoms with Gasteiger partial charge in [0.1, 0.15) is 17.6 Å². The molecule has 0 aliphatic rings. The minimum absolute atomic E-state index is 0.229. The van der Waals surface area contributed by atoms with Crippen LogP contribution in [-0.2, 0) is 0 Å². The number of nitriles is 1. The number of unbranched alkanes of at least 4 members (excludes halogenated alkanes) is 1. The second kappa shape index (κ2) is 5.72. The molecule has 4 heteroatoms. The highest BCUT2D eigenvalue weighted by Gasteiger charge is 2.08. The Hall–Kier alpha value is -1.08. The molecule has 0 heterocycles. The number of hydrogen-bond acceptors (Lipinski definition) is 2. The molecule has 15 heavy (non-hydrogen) atoms. The minimum atomic E-state index is -0.450. The van der Waals surface area contributed by atoms with Crippen molar-refractivity contribution in [2.24, 2.45) is 0 Å². The predicted octanol–water partition coefficient (Wildman–Crippen LogP) is 3.64. The Balaban J connectivity index is 2.86. The third-order valence-corrected chi connectivity index (χ3v) is 2.51. The van der Waals surface area contributed by atoms with Crippen LogP contribution in [0.3, 0.4) is 0 Å². The molecule has 1 aromatic carbocycles. The van der Waals surface area contributed by atoms with Gasteiger partial charge in [0.15, 0.2) is 0 Å². The van der Waals surface area contributed by atoms with Gasteiger partial charge in [-0.3, -0.25) is 0 Å². The number of benzene rings is 1. The van der Waals surface area contributed by atoms with E-state index < -0.39 is 5.82 Å². The fourth-order valence-corrected chi connectivity index (χ4v) is 1.38. The SMILES string of the molecule is CCCCOc1cc(Br)c(F)cc1C#N. The van der Waals surface area contributed by atoms with Gasteiger partial charge in [-0.2, -0.15) is 5.26 Å². The molecule has 0 fully saturated rings. The smallest absolute Gasteiger partial charge is 0.138 e. The van der Waals surface area contributed by atoms with Crippen molar-refractivity contribution < 1.29 is 9.13 Å². The molecule has 0 saturated carbocycles. The second-order valence-corrected chi connectivity index (χ2v) is 3.93. The van der Waals surface area contributed by atoms with Gasteiger partial charge < -0.3 is 4.74 Å². The number of rotatable bonds is 4. The van der Waals surface area contributed by atoms with E-state index in [1.807, 2.05) is 6.07 Å². The summed E-state index contributed by atoms with van der Waals surface area (Å²) in [5.74, 6) is -0.0198. The van der Waals surface area contributed by atoms with Gasteiger partial charge in [-0.1, -0.05) is 13.3 Å². The van der Waals surface area contributed by atoms with Gasteiger partial charge in [0, 0.05) is 0 Å². The Kier molecular flexibility index (Phi) is 4.57. The first-order chi connectivity index (χ1) is 7.19. The Morgan fingerprint density at radius 1 is 1.53 bits per heavy atom. The molecule has 0 saturated heterocycles. The largest absolute Gasteiger partial charge is 0.492 e. The van der Waals surface area contributed by atoms with Crippen LogP contribution in [0.1, 0.15) is 25.3 Å². The topological polar surface area (TPSA) is 33.0 Å². The summed E-state index contributed by atoms with van der Waals surface area (Å²) in [6.45, 7) is 2.60. The third-order valence-electron chi connectivity index (χ3n) is 1.90. The van der Waals surface area contributed by atoms with Crippen LogP contribution in [0.25, 0.3) is 0 Å². The maximum Gasteiger partial charge on any atom is 0.138 e. The van der Waals surface area contributed by atoms with E-state index in [2.05, 4.69) is 22.9 Å². The van der Waals surface area contributed by atoms with Crippen molar-refractivity contribution in [1.29, 1.82) is 5.26 Å². The number of hydrogen-bond donors (Lipinski definition) is 0. The van der Waals surface area contributed by atoms with Crippen molar-refractivity contribution in [2.45, 2.75) is 19.8 Å². The molecule has 0 radical (unpaired) electrons. The molecule has 0 spiro atoms. The summed E-state index contributed by atoms with van der Waals surface area (Å²) in [5, 5.41) is 8.78. The summed E-state index contributed by atoms with van der Waals surface area (Å²) >= 11 is 3.05. The normalized spacial score (nSPS) is 9.73. The maximum absolute atomic E-state index is 13.1. The predicted molar refractivity (Wildman–Crippen MR) is 59.2 cm³/mol. The first-order valence-electron chi connectivity index (χ1n) is 4.71. The third kappa shape index (κ3) is 3.21. The molecule has 1 rings (SSSR count). The molecule has 0 bridgehead atoms. The molecule has 0 aliphatic heterocycles. The lowest BCUT2D eigenvalue weighted by Gasteiger charge is -2.07. The highest BCUT2D eigenvalue weighted by molar-refractivity contribution is 9.10. The minimum Gasteiger partial charge on any atom is -0.492 e. The van der Waals surface area contributed by atoms with Gasteiger partial charge >= 0.3 is 0 Å². The van der Waals surface area contributed by atoms with Crippen molar-refractivity contribution in [3.8, 4) is 11.8 Å².